The Hall–Kier alpha value is -3.02. The number of carboxylic acid groups (broad SMARTS) is 1. The van der Waals surface area contributed by atoms with E-state index in [0.717, 1.165) is 22.3 Å². The quantitative estimate of drug-likeness (QED) is 0.772. The number of rotatable bonds is 8. The van der Waals surface area contributed by atoms with Crippen LogP contribution < -0.4 is 9.47 Å². The Kier molecular flexibility index (Phi) is 6.82. The highest BCUT2D eigenvalue weighted by Crippen LogP contribution is 2.24. The largest absolute Gasteiger partial charge is 0.497 e. The van der Waals surface area contributed by atoms with Crippen LogP contribution in [0.15, 0.2) is 36.4 Å². The summed E-state index contributed by atoms with van der Waals surface area (Å²) in [6.45, 7) is 3.69. The Labute approximate surface area is 159 Å². The third-order valence-electron chi connectivity index (χ3n) is 4.31. The SMILES string of the molecule is COc1cc(CN(CC(=O)O)C(=O)Cc2cc(C)ccc2C)cc(OC)c1. The number of carbonyl (C=O) groups excluding carboxylic acids is 1. The molecule has 27 heavy (non-hydrogen) atoms. The van der Waals surface area contributed by atoms with Crippen LogP contribution in [0.2, 0.25) is 0 Å². The topological polar surface area (TPSA) is 76.1 Å². The first-order chi connectivity index (χ1) is 12.8. The second-order valence-corrected chi connectivity index (χ2v) is 6.47. The molecule has 6 nitrogen and oxygen atoms in total. The van der Waals surface area contributed by atoms with Gasteiger partial charge in [-0.3, -0.25) is 9.59 Å². The summed E-state index contributed by atoms with van der Waals surface area (Å²) in [6.07, 6.45) is 0.155. The predicted molar refractivity (Wildman–Crippen MR) is 102 cm³/mol. The summed E-state index contributed by atoms with van der Waals surface area (Å²) >= 11 is 0. The molecule has 0 spiro atoms. The number of aryl methyl sites for hydroxylation is 2. The molecule has 0 aliphatic heterocycles. The molecule has 0 aliphatic rings. The molecule has 2 aromatic carbocycles. The number of methoxy groups -OCH3 is 2. The predicted octanol–water partition coefficient (Wildman–Crippen LogP) is 2.98. The van der Waals surface area contributed by atoms with Gasteiger partial charge in [0.25, 0.3) is 0 Å². The number of hydrogen-bond acceptors (Lipinski definition) is 4. The summed E-state index contributed by atoms with van der Waals surface area (Å²) in [5, 5.41) is 9.23. The number of carboxylic acids is 1. The van der Waals surface area contributed by atoms with E-state index in [1.54, 1.807) is 32.4 Å². The average Bonchev–Trinajstić information content (AvgIpc) is 2.63. The minimum absolute atomic E-state index is 0.155. The third kappa shape index (κ3) is 5.74. The van der Waals surface area contributed by atoms with E-state index in [1.807, 2.05) is 32.0 Å². The van der Waals surface area contributed by atoms with Gasteiger partial charge in [-0.1, -0.05) is 23.8 Å². The zero-order valence-corrected chi connectivity index (χ0v) is 16.1. The summed E-state index contributed by atoms with van der Waals surface area (Å²) < 4.78 is 10.5. The lowest BCUT2D eigenvalue weighted by atomic mass is 10.0. The van der Waals surface area contributed by atoms with Crippen LogP contribution in [0.1, 0.15) is 22.3 Å². The van der Waals surface area contributed by atoms with Gasteiger partial charge >= 0.3 is 5.97 Å². The van der Waals surface area contributed by atoms with E-state index in [9.17, 15) is 14.7 Å². The van der Waals surface area contributed by atoms with Crippen LogP contribution in [0, 0.1) is 13.8 Å². The van der Waals surface area contributed by atoms with Crippen molar-refractivity contribution < 1.29 is 24.2 Å². The second-order valence-electron chi connectivity index (χ2n) is 6.47. The van der Waals surface area contributed by atoms with Crippen molar-refractivity contribution in [2.24, 2.45) is 0 Å². The summed E-state index contributed by atoms with van der Waals surface area (Å²) in [5.74, 6) is -0.129. The highest BCUT2D eigenvalue weighted by atomic mass is 16.5. The molecule has 1 amide bonds. The summed E-state index contributed by atoms with van der Waals surface area (Å²) in [6, 6.07) is 11.2. The molecule has 0 bridgehead atoms. The zero-order chi connectivity index (χ0) is 20.0. The molecule has 0 saturated heterocycles. The molecule has 0 aromatic heterocycles. The smallest absolute Gasteiger partial charge is 0.323 e. The van der Waals surface area contributed by atoms with Crippen molar-refractivity contribution in [2.45, 2.75) is 26.8 Å². The van der Waals surface area contributed by atoms with Crippen LogP contribution in [-0.4, -0.2) is 42.6 Å². The van der Waals surface area contributed by atoms with Gasteiger partial charge in [-0.2, -0.15) is 0 Å². The first-order valence-corrected chi connectivity index (χ1v) is 8.60. The first kappa shape index (κ1) is 20.3. The Morgan fingerprint density at radius 2 is 1.63 bits per heavy atom. The van der Waals surface area contributed by atoms with Crippen molar-refractivity contribution in [3.05, 3.63) is 58.7 Å². The lowest BCUT2D eigenvalue weighted by molar-refractivity contribution is -0.144. The molecule has 0 aliphatic carbocycles. The van der Waals surface area contributed by atoms with Crippen molar-refractivity contribution in [3.8, 4) is 11.5 Å². The van der Waals surface area contributed by atoms with Gasteiger partial charge in [0, 0.05) is 12.6 Å². The number of hydrogen-bond donors (Lipinski definition) is 1. The number of aliphatic carboxylic acids is 1. The van der Waals surface area contributed by atoms with Crippen LogP contribution >= 0.6 is 0 Å². The van der Waals surface area contributed by atoms with Gasteiger partial charge in [-0.25, -0.2) is 0 Å². The van der Waals surface area contributed by atoms with Crippen molar-refractivity contribution in [2.75, 3.05) is 20.8 Å². The summed E-state index contributed by atoms with van der Waals surface area (Å²) in [7, 11) is 3.08. The van der Waals surface area contributed by atoms with E-state index in [1.165, 1.54) is 4.90 Å². The molecule has 6 heteroatoms. The Morgan fingerprint density at radius 1 is 1.00 bits per heavy atom. The molecular formula is C21H25NO5. The maximum absolute atomic E-state index is 12.8. The Balaban J connectivity index is 2.25. The number of ether oxygens (including phenoxy) is 2. The molecule has 0 fully saturated rings. The molecule has 2 rings (SSSR count). The van der Waals surface area contributed by atoms with Crippen molar-refractivity contribution >= 4 is 11.9 Å². The van der Waals surface area contributed by atoms with Gasteiger partial charge in [-0.15, -0.1) is 0 Å². The molecule has 0 heterocycles. The van der Waals surface area contributed by atoms with E-state index < -0.39 is 5.97 Å². The first-order valence-electron chi connectivity index (χ1n) is 8.60. The number of carbonyl (C=O) groups is 2. The standard InChI is InChI=1S/C21H25NO5/c1-14-5-6-15(2)17(7-14)10-20(23)22(13-21(24)25)12-16-8-18(26-3)11-19(9-16)27-4/h5-9,11H,10,12-13H2,1-4H3,(H,24,25). The van der Waals surface area contributed by atoms with Crippen LogP contribution in [-0.2, 0) is 22.6 Å². The van der Waals surface area contributed by atoms with Crippen molar-refractivity contribution in [3.63, 3.8) is 0 Å². The Bertz CT molecular complexity index is 809. The fraction of sp³-hybridized carbons (Fsp3) is 0.333. The van der Waals surface area contributed by atoms with Gasteiger partial charge in [0.1, 0.15) is 18.0 Å². The van der Waals surface area contributed by atoms with E-state index in [4.69, 9.17) is 9.47 Å². The van der Waals surface area contributed by atoms with Crippen LogP contribution in [0.5, 0.6) is 11.5 Å². The molecule has 144 valence electrons. The second kappa shape index (κ2) is 9.07. The number of nitrogens with zero attached hydrogens (tertiary/aromatic N) is 1. The van der Waals surface area contributed by atoms with Crippen LogP contribution in [0.4, 0.5) is 0 Å². The molecule has 0 radical (unpaired) electrons. The van der Waals surface area contributed by atoms with Gasteiger partial charge in [0.2, 0.25) is 5.91 Å². The lowest BCUT2D eigenvalue weighted by Crippen LogP contribution is -2.36. The monoisotopic (exact) mass is 371 g/mol. The van der Waals surface area contributed by atoms with Gasteiger partial charge in [0.05, 0.1) is 20.6 Å². The third-order valence-corrected chi connectivity index (χ3v) is 4.31. The fourth-order valence-corrected chi connectivity index (χ4v) is 2.84. The maximum atomic E-state index is 12.8. The minimum Gasteiger partial charge on any atom is -0.497 e. The molecule has 0 unspecified atom stereocenters. The number of benzene rings is 2. The molecule has 0 atom stereocenters. The van der Waals surface area contributed by atoms with E-state index in [-0.39, 0.29) is 25.4 Å². The van der Waals surface area contributed by atoms with E-state index in [0.29, 0.717) is 11.5 Å². The number of amides is 1. The van der Waals surface area contributed by atoms with Crippen LogP contribution in [0.3, 0.4) is 0 Å². The molecule has 2 aromatic rings. The van der Waals surface area contributed by atoms with Crippen LogP contribution in [0.25, 0.3) is 0 Å². The average molecular weight is 371 g/mol. The highest BCUT2D eigenvalue weighted by molar-refractivity contribution is 5.83. The minimum atomic E-state index is -1.06. The maximum Gasteiger partial charge on any atom is 0.323 e. The molecular weight excluding hydrogens is 346 g/mol. The van der Waals surface area contributed by atoms with Crippen molar-refractivity contribution in [1.29, 1.82) is 0 Å². The summed E-state index contributed by atoms with van der Waals surface area (Å²) in [5.41, 5.74) is 3.71. The molecule has 1 N–H and O–H groups in total. The normalized spacial score (nSPS) is 10.4. The zero-order valence-electron chi connectivity index (χ0n) is 16.1. The molecule has 0 saturated carbocycles. The fourth-order valence-electron chi connectivity index (χ4n) is 2.84. The van der Waals surface area contributed by atoms with Gasteiger partial charge < -0.3 is 19.5 Å². The van der Waals surface area contributed by atoms with Gasteiger partial charge in [-0.05, 0) is 42.7 Å². The van der Waals surface area contributed by atoms with E-state index in [2.05, 4.69) is 0 Å². The summed E-state index contributed by atoms with van der Waals surface area (Å²) in [4.78, 5) is 25.4. The lowest BCUT2D eigenvalue weighted by Gasteiger charge is -2.22. The van der Waals surface area contributed by atoms with Gasteiger partial charge in [0.15, 0.2) is 0 Å². The highest BCUT2D eigenvalue weighted by Gasteiger charge is 2.19. The van der Waals surface area contributed by atoms with E-state index >= 15 is 0 Å². The Morgan fingerprint density at radius 3 is 2.19 bits per heavy atom. The van der Waals surface area contributed by atoms with Crippen molar-refractivity contribution in [1.82, 2.24) is 4.90 Å².